The third-order valence-corrected chi connectivity index (χ3v) is 4.13. The summed E-state index contributed by atoms with van der Waals surface area (Å²) < 4.78 is 28.7. The highest BCUT2D eigenvalue weighted by Crippen LogP contribution is 2.31. The van der Waals surface area contributed by atoms with Crippen molar-refractivity contribution >= 4 is 23.2 Å². The van der Waals surface area contributed by atoms with Crippen LogP contribution in [-0.2, 0) is 24.9 Å². The average Bonchev–Trinajstić information content (AvgIpc) is 2.95. The van der Waals surface area contributed by atoms with E-state index in [9.17, 15) is 13.6 Å². The molecule has 4 nitrogen and oxygen atoms in total. The number of nitrogens with zero attached hydrogens (tertiary/aromatic N) is 2. The number of carbonyl (C=O) groups is 1. The Morgan fingerprint density at radius 1 is 1.23 bits per heavy atom. The van der Waals surface area contributed by atoms with E-state index in [1.165, 1.54) is 10.7 Å². The second-order valence-corrected chi connectivity index (χ2v) is 6.24. The molecule has 7 heteroatoms. The van der Waals surface area contributed by atoms with Crippen molar-refractivity contribution in [3.63, 3.8) is 0 Å². The molecule has 0 spiro atoms. The van der Waals surface area contributed by atoms with Crippen LogP contribution in [0.4, 0.5) is 14.5 Å². The summed E-state index contributed by atoms with van der Waals surface area (Å²) in [6.07, 6.45) is 1.59. The molecule has 0 unspecified atom stereocenters. The molecule has 0 saturated heterocycles. The predicted molar refractivity (Wildman–Crippen MR) is 97.2 cm³/mol. The normalized spacial score (nSPS) is 10.8. The largest absolute Gasteiger partial charge is 0.325 e. The number of hydrogen-bond acceptors (Lipinski definition) is 2. The maximum absolute atomic E-state index is 14.3. The van der Waals surface area contributed by atoms with E-state index in [0.717, 1.165) is 0 Å². The minimum Gasteiger partial charge on any atom is -0.325 e. The Morgan fingerprint density at radius 2 is 2.00 bits per heavy atom. The summed E-state index contributed by atoms with van der Waals surface area (Å²) in [4.78, 5) is 12.4. The van der Waals surface area contributed by atoms with Gasteiger partial charge in [0.05, 0.1) is 12.1 Å². The fourth-order valence-electron chi connectivity index (χ4n) is 2.75. The molecular formula is C19H16ClF2N3O. The Kier molecular flexibility index (Phi) is 5.32. The molecule has 2 aromatic carbocycles. The Hall–Kier alpha value is -2.73. The van der Waals surface area contributed by atoms with Gasteiger partial charge >= 0.3 is 0 Å². The van der Waals surface area contributed by atoms with Crippen molar-refractivity contribution in [3.8, 4) is 11.1 Å². The second kappa shape index (κ2) is 7.66. The van der Waals surface area contributed by atoms with Gasteiger partial charge in [-0.1, -0.05) is 29.8 Å². The number of anilines is 1. The van der Waals surface area contributed by atoms with Gasteiger partial charge in [0.1, 0.15) is 12.5 Å². The van der Waals surface area contributed by atoms with Crippen LogP contribution >= 0.6 is 11.6 Å². The summed E-state index contributed by atoms with van der Waals surface area (Å²) in [5.41, 5.74) is 2.08. The van der Waals surface area contributed by atoms with Crippen LogP contribution in [-0.4, -0.2) is 15.7 Å². The molecule has 0 bridgehead atoms. The average molecular weight is 376 g/mol. The van der Waals surface area contributed by atoms with Crippen molar-refractivity contribution in [2.24, 2.45) is 7.05 Å². The summed E-state index contributed by atoms with van der Waals surface area (Å²) in [5, 5.41) is 7.03. The lowest BCUT2D eigenvalue weighted by atomic mass is 10.0. The van der Waals surface area contributed by atoms with Gasteiger partial charge in [0, 0.05) is 40.6 Å². The summed E-state index contributed by atoms with van der Waals surface area (Å²) in [7, 11) is 1.67. The molecule has 3 rings (SSSR count). The number of aromatic nitrogens is 2. The van der Waals surface area contributed by atoms with Gasteiger partial charge in [0.2, 0.25) is 5.91 Å². The van der Waals surface area contributed by atoms with Crippen molar-refractivity contribution in [2.75, 3.05) is 5.32 Å². The van der Waals surface area contributed by atoms with Crippen molar-refractivity contribution < 1.29 is 13.6 Å². The third kappa shape index (κ3) is 3.91. The van der Waals surface area contributed by atoms with Crippen LogP contribution in [0.25, 0.3) is 11.1 Å². The number of benzene rings is 2. The minimum atomic E-state index is -0.740. The summed E-state index contributed by atoms with van der Waals surface area (Å²) in [5.74, 6) is -0.819. The molecule has 0 aliphatic carbocycles. The Labute approximate surface area is 154 Å². The molecule has 134 valence electrons. The van der Waals surface area contributed by atoms with Gasteiger partial charge in [-0.15, -0.1) is 0 Å². The molecule has 1 aromatic heterocycles. The fraction of sp³-hybridized carbons (Fsp3) is 0.158. The number of hydrogen-bond donors (Lipinski definition) is 1. The number of alkyl halides is 1. The first-order valence-corrected chi connectivity index (χ1v) is 8.27. The minimum absolute atomic E-state index is 0.0233. The summed E-state index contributed by atoms with van der Waals surface area (Å²) >= 11 is 5.80. The molecule has 1 amide bonds. The lowest BCUT2D eigenvalue weighted by Gasteiger charge is -2.12. The van der Waals surface area contributed by atoms with Gasteiger partial charge in [-0.25, -0.2) is 8.78 Å². The number of amides is 1. The zero-order chi connectivity index (χ0) is 18.7. The first kappa shape index (κ1) is 18.1. The second-order valence-electron chi connectivity index (χ2n) is 5.80. The number of nitrogens with one attached hydrogen (secondary N) is 1. The topological polar surface area (TPSA) is 46.9 Å². The molecule has 0 saturated carbocycles. The van der Waals surface area contributed by atoms with Crippen LogP contribution in [0.1, 0.15) is 11.3 Å². The smallest absolute Gasteiger partial charge is 0.228 e. The van der Waals surface area contributed by atoms with E-state index in [1.807, 2.05) is 0 Å². The van der Waals surface area contributed by atoms with E-state index in [0.29, 0.717) is 27.4 Å². The van der Waals surface area contributed by atoms with Crippen LogP contribution in [0.3, 0.4) is 0 Å². The van der Waals surface area contributed by atoms with Crippen LogP contribution < -0.4 is 5.32 Å². The van der Waals surface area contributed by atoms with Crippen molar-refractivity contribution in [1.29, 1.82) is 0 Å². The zero-order valence-electron chi connectivity index (χ0n) is 14.0. The van der Waals surface area contributed by atoms with E-state index in [2.05, 4.69) is 10.4 Å². The first-order valence-electron chi connectivity index (χ1n) is 7.89. The number of carbonyl (C=O) groups excluding carboxylic acids is 1. The standard InChI is InChI=1S/C19H16ClF2N3O/c1-25-11-12(18(10-21)24-25)8-19(26)23-17-5-3-2-4-15(17)14-7-6-13(20)9-16(14)22/h2-7,9,11H,8,10H2,1H3,(H,23,26). The SMILES string of the molecule is Cn1cc(CC(=O)Nc2ccccc2-c2ccc(Cl)cc2F)c(CF)n1. The van der Waals surface area contributed by atoms with Crippen LogP contribution in [0.5, 0.6) is 0 Å². The lowest BCUT2D eigenvalue weighted by Crippen LogP contribution is -2.15. The fourth-order valence-corrected chi connectivity index (χ4v) is 2.90. The Bertz CT molecular complexity index is 956. The lowest BCUT2D eigenvalue weighted by molar-refractivity contribution is -0.115. The van der Waals surface area contributed by atoms with Crippen molar-refractivity contribution in [2.45, 2.75) is 13.1 Å². The van der Waals surface area contributed by atoms with Gasteiger partial charge < -0.3 is 5.32 Å². The van der Waals surface area contributed by atoms with Gasteiger partial charge in [-0.2, -0.15) is 5.10 Å². The van der Waals surface area contributed by atoms with Crippen molar-refractivity contribution in [1.82, 2.24) is 9.78 Å². The molecule has 0 aliphatic rings. The Balaban J connectivity index is 1.85. The van der Waals surface area contributed by atoms with Gasteiger partial charge in [-0.05, 0) is 24.3 Å². The van der Waals surface area contributed by atoms with Crippen LogP contribution in [0, 0.1) is 5.82 Å². The maximum Gasteiger partial charge on any atom is 0.228 e. The van der Waals surface area contributed by atoms with E-state index >= 15 is 0 Å². The molecule has 26 heavy (non-hydrogen) atoms. The molecule has 0 aliphatic heterocycles. The molecule has 3 aromatic rings. The molecule has 0 atom stereocenters. The molecule has 1 heterocycles. The van der Waals surface area contributed by atoms with E-state index in [4.69, 9.17) is 11.6 Å². The Morgan fingerprint density at radius 3 is 2.73 bits per heavy atom. The number of rotatable bonds is 5. The van der Waals surface area contributed by atoms with Crippen molar-refractivity contribution in [3.05, 3.63) is 70.8 Å². The quantitative estimate of drug-likeness (QED) is 0.712. The third-order valence-electron chi connectivity index (χ3n) is 3.89. The van der Waals surface area contributed by atoms with E-state index in [-0.39, 0.29) is 18.0 Å². The summed E-state index contributed by atoms with van der Waals surface area (Å²) in [6.45, 7) is -0.740. The van der Waals surface area contributed by atoms with Gasteiger partial charge in [0.15, 0.2) is 0 Å². The molecule has 0 fully saturated rings. The van der Waals surface area contributed by atoms with Crippen LogP contribution in [0.15, 0.2) is 48.7 Å². The number of aryl methyl sites for hydroxylation is 1. The number of para-hydroxylation sites is 1. The zero-order valence-corrected chi connectivity index (χ0v) is 14.7. The highest BCUT2D eigenvalue weighted by molar-refractivity contribution is 6.30. The maximum atomic E-state index is 14.3. The van der Waals surface area contributed by atoms with Crippen LogP contribution in [0.2, 0.25) is 5.02 Å². The molecular weight excluding hydrogens is 360 g/mol. The predicted octanol–water partition coefficient (Wildman–Crippen LogP) is 4.53. The monoisotopic (exact) mass is 375 g/mol. The first-order chi connectivity index (χ1) is 12.5. The van der Waals surface area contributed by atoms with E-state index in [1.54, 1.807) is 49.6 Å². The molecule has 0 radical (unpaired) electrons. The van der Waals surface area contributed by atoms with Gasteiger partial charge in [0.25, 0.3) is 0 Å². The highest BCUT2D eigenvalue weighted by Gasteiger charge is 2.15. The van der Waals surface area contributed by atoms with Gasteiger partial charge in [-0.3, -0.25) is 9.48 Å². The summed E-state index contributed by atoms with van der Waals surface area (Å²) in [6, 6.07) is 11.2. The highest BCUT2D eigenvalue weighted by atomic mass is 35.5. The number of halogens is 3. The molecule has 1 N–H and O–H groups in total. The van der Waals surface area contributed by atoms with E-state index < -0.39 is 12.5 Å².